The number of hydrogen-bond donors (Lipinski definition) is 4. The Morgan fingerprint density at radius 2 is 1.82 bits per heavy atom. The SMILES string of the molecule is Cc1cccc(NC(=O)Nc2ccc(-c3ccc(OCCN(C)C)c4[nH]nc(N)c34)cc2)c1. The molecule has 0 bridgehead atoms. The number of nitrogens with two attached hydrogens (primary N) is 1. The molecule has 0 saturated carbocycles. The van der Waals surface area contributed by atoms with Crippen LogP contribution in [0.1, 0.15) is 5.56 Å². The Bertz CT molecular complexity index is 1260. The van der Waals surface area contributed by atoms with Gasteiger partial charge in [-0.3, -0.25) is 5.10 Å². The van der Waals surface area contributed by atoms with Crippen LogP contribution < -0.4 is 21.1 Å². The molecule has 0 saturated heterocycles. The lowest BCUT2D eigenvalue weighted by molar-refractivity contribution is 0.262. The monoisotopic (exact) mass is 444 g/mol. The molecule has 33 heavy (non-hydrogen) atoms. The summed E-state index contributed by atoms with van der Waals surface area (Å²) in [6, 6.07) is 18.8. The second-order valence-electron chi connectivity index (χ2n) is 8.15. The van der Waals surface area contributed by atoms with Gasteiger partial charge in [-0.25, -0.2) is 4.79 Å². The number of hydrogen-bond acceptors (Lipinski definition) is 5. The maximum atomic E-state index is 12.3. The minimum absolute atomic E-state index is 0.297. The van der Waals surface area contributed by atoms with Gasteiger partial charge in [0.15, 0.2) is 5.82 Å². The lowest BCUT2D eigenvalue weighted by atomic mass is 10.0. The number of carbonyl (C=O) groups excluding carboxylic acids is 1. The van der Waals surface area contributed by atoms with Gasteiger partial charge in [0, 0.05) is 17.9 Å². The Kier molecular flexibility index (Phi) is 6.46. The van der Waals surface area contributed by atoms with Gasteiger partial charge in [-0.15, -0.1) is 0 Å². The fraction of sp³-hybridized carbons (Fsp3) is 0.200. The van der Waals surface area contributed by atoms with Crippen molar-refractivity contribution in [1.82, 2.24) is 15.1 Å². The average Bonchev–Trinajstić information content (AvgIpc) is 3.16. The number of aromatic nitrogens is 2. The molecule has 1 heterocycles. The quantitative estimate of drug-likeness (QED) is 0.330. The molecule has 0 unspecified atom stereocenters. The van der Waals surface area contributed by atoms with E-state index in [-0.39, 0.29) is 6.03 Å². The van der Waals surface area contributed by atoms with Crippen LogP contribution in [-0.2, 0) is 0 Å². The Hall–Kier alpha value is -4.04. The molecule has 0 fully saturated rings. The molecule has 0 spiro atoms. The third-order valence-corrected chi connectivity index (χ3v) is 5.24. The standard InChI is InChI=1S/C25H28N6O2/c1-16-5-4-6-19(15-16)28-25(32)27-18-9-7-17(8-10-18)20-11-12-21(33-14-13-31(2)3)23-22(20)24(26)30-29-23/h4-12,15H,13-14H2,1-3H3,(H3,26,29,30)(H2,27,28,32). The summed E-state index contributed by atoms with van der Waals surface area (Å²) in [5.41, 5.74) is 11.3. The zero-order valence-electron chi connectivity index (χ0n) is 19.0. The number of nitrogen functional groups attached to an aromatic ring is 1. The van der Waals surface area contributed by atoms with Gasteiger partial charge in [-0.05, 0) is 74.1 Å². The lowest BCUT2D eigenvalue weighted by Gasteiger charge is -2.13. The van der Waals surface area contributed by atoms with Crippen molar-refractivity contribution in [2.24, 2.45) is 0 Å². The van der Waals surface area contributed by atoms with E-state index in [1.807, 2.05) is 81.7 Å². The number of benzene rings is 3. The Balaban J connectivity index is 1.51. The van der Waals surface area contributed by atoms with Crippen molar-refractivity contribution in [2.75, 3.05) is 43.6 Å². The first-order valence-corrected chi connectivity index (χ1v) is 10.7. The molecular weight excluding hydrogens is 416 g/mol. The third kappa shape index (κ3) is 5.24. The number of H-pyrrole nitrogens is 1. The predicted molar refractivity (Wildman–Crippen MR) is 134 cm³/mol. The van der Waals surface area contributed by atoms with E-state index in [1.165, 1.54) is 0 Å². The number of urea groups is 1. The van der Waals surface area contributed by atoms with Crippen LogP contribution in [0.5, 0.6) is 5.75 Å². The summed E-state index contributed by atoms with van der Waals surface area (Å²) in [7, 11) is 4.00. The van der Waals surface area contributed by atoms with Crippen molar-refractivity contribution >= 4 is 34.1 Å². The molecule has 0 aliphatic heterocycles. The van der Waals surface area contributed by atoms with Crippen LogP contribution in [0.15, 0.2) is 60.7 Å². The number of nitrogens with zero attached hydrogens (tertiary/aromatic N) is 2. The maximum Gasteiger partial charge on any atom is 0.323 e. The van der Waals surface area contributed by atoms with Crippen molar-refractivity contribution in [3.63, 3.8) is 0 Å². The first kappa shape index (κ1) is 22.2. The van der Waals surface area contributed by atoms with Gasteiger partial charge in [0.25, 0.3) is 0 Å². The van der Waals surface area contributed by atoms with E-state index in [4.69, 9.17) is 10.5 Å². The molecule has 0 atom stereocenters. The Labute approximate surface area is 192 Å². The number of aryl methyl sites for hydroxylation is 1. The molecule has 0 aliphatic rings. The normalized spacial score (nSPS) is 11.0. The van der Waals surface area contributed by atoms with E-state index in [0.29, 0.717) is 23.9 Å². The molecule has 170 valence electrons. The van der Waals surface area contributed by atoms with Gasteiger partial charge in [-0.2, -0.15) is 5.10 Å². The predicted octanol–water partition coefficient (Wildman–Crippen LogP) is 4.70. The molecule has 8 heteroatoms. The van der Waals surface area contributed by atoms with E-state index in [9.17, 15) is 4.79 Å². The van der Waals surface area contributed by atoms with Crippen molar-refractivity contribution in [3.05, 3.63) is 66.2 Å². The smallest absolute Gasteiger partial charge is 0.323 e. The van der Waals surface area contributed by atoms with E-state index in [2.05, 4.69) is 25.7 Å². The number of amides is 2. The van der Waals surface area contributed by atoms with E-state index >= 15 is 0 Å². The van der Waals surface area contributed by atoms with Gasteiger partial charge in [-0.1, -0.05) is 24.3 Å². The number of likely N-dealkylation sites (N-methyl/N-ethyl adjacent to an activating group) is 1. The van der Waals surface area contributed by atoms with E-state index in [1.54, 1.807) is 0 Å². The van der Waals surface area contributed by atoms with Crippen LogP contribution in [0.25, 0.3) is 22.0 Å². The van der Waals surface area contributed by atoms with Crippen LogP contribution in [-0.4, -0.2) is 48.4 Å². The summed E-state index contributed by atoms with van der Waals surface area (Å²) in [5, 5.41) is 13.7. The highest BCUT2D eigenvalue weighted by atomic mass is 16.5. The fourth-order valence-corrected chi connectivity index (χ4v) is 3.58. The first-order valence-electron chi connectivity index (χ1n) is 10.7. The highest BCUT2D eigenvalue weighted by Crippen LogP contribution is 2.36. The number of aromatic amines is 1. The van der Waals surface area contributed by atoms with Gasteiger partial charge in [0.1, 0.15) is 17.9 Å². The van der Waals surface area contributed by atoms with Crippen LogP contribution in [0, 0.1) is 6.92 Å². The molecule has 8 nitrogen and oxygen atoms in total. The molecule has 1 aromatic heterocycles. The van der Waals surface area contributed by atoms with Crippen molar-refractivity contribution in [1.29, 1.82) is 0 Å². The van der Waals surface area contributed by atoms with E-state index < -0.39 is 0 Å². The summed E-state index contributed by atoms with van der Waals surface area (Å²) in [4.78, 5) is 14.4. The molecule has 3 aromatic carbocycles. The number of carbonyl (C=O) groups is 1. The summed E-state index contributed by atoms with van der Waals surface area (Å²) in [6.45, 7) is 3.35. The number of ether oxygens (including phenoxy) is 1. The van der Waals surface area contributed by atoms with Crippen molar-refractivity contribution < 1.29 is 9.53 Å². The topological polar surface area (TPSA) is 108 Å². The molecular formula is C25H28N6O2. The molecule has 4 rings (SSSR count). The minimum atomic E-state index is -0.297. The Morgan fingerprint density at radius 3 is 2.55 bits per heavy atom. The molecule has 0 aliphatic carbocycles. The van der Waals surface area contributed by atoms with Crippen LogP contribution in [0.3, 0.4) is 0 Å². The van der Waals surface area contributed by atoms with Gasteiger partial charge < -0.3 is 26.0 Å². The van der Waals surface area contributed by atoms with Crippen LogP contribution >= 0.6 is 0 Å². The average molecular weight is 445 g/mol. The lowest BCUT2D eigenvalue weighted by Crippen LogP contribution is -2.19. The van der Waals surface area contributed by atoms with Gasteiger partial charge in [0.2, 0.25) is 0 Å². The summed E-state index contributed by atoms with van der Waals surface area (Å²) in [5.74, 6) is 1.13. The zero-order valence-corrected chi connectivity index (χ0v) is 19.0. The third-order valence-electron chi connectivity index (χ3n) is 5.24. The second kappa shape index (κ2) is 9.62. The Morgan fingerprint density at radius 1 is 1.06 bits per heavy atom. The summed E-state index contributed by atoms with van der Waals surface area (Å²) in [6.07, 6.45) is 0. The highest BCUT2D eigenvalue weighted by molar-refractivity contribution is 6.04. The first-order chi connectivity index (χ1) is 15.9. The second-order valence-corrected chi connectivity index (χ2v) is 8.15. The van der Waals surface area contributed by atoms with Crippen LogP contribution in [0.2, 0.25) is 0 Å². The number of anilines is 3. The maximum absolute atomic E-state index is 12.3. The summed E-state index contributed by atoms with van der Waals surface area (Å²) >= 11 is 0. The number of fused-ring (bicyclic) bond motifs is 1. The molecule has 4 aromatic rings. The highest BCUT2D eigenvalue weighted by Gasteiger charge is 2.15. The van der Waals surface area contributed by atoms with Gasteiger partial charge >= 0.3 is 6.03 Å². The van der Waals surface area contributed by atoms with Crippen molar-refractivity contribution in [3.8, 4) is 16.9 Å². The zero-order chi connectivity index (χ0) is 23.4. The minimum Gasteiger partial charge on any atom is -0.490 e. The number of rotatable bonds is 7. The summed E-state index contributed by atoms with van der Waals surface area (Å²) < 4.78 is 5.93. The van der Waals surface area contributed by atoms with E-state index in [0.717, 1.165) is 39.8 Å². The molecule has 2 amide bonds. The number of nitrogens with one attached hydrogen (secondary N) is 3. The van der Waals surface area contributed by atoms with Gasteiger partial charge in [0.05, 0.1) is 5.39 Å². The molecule has 5 N–H and O–H groups in total. The molecule has 0 radical (unpaired) electrons. The van der Waals surface area contributed by atoms with Crippen molar-refractivity contribution in [2.45, 2.75) is 6.92 Å². The van der Waals surface area contributed by atoms with Crippen LogP contribution in [0.4, 0.5) is 22.0 Å². The largest absolute Gasteiger partial charge is 0.490 e. The fourth-order valence-electron chi connectivity index (χ4n) is 3.58.